The van der Waals surface area contributed by atoms with Crippen molar-refractivity contribution < 1.29 is 9.53 Å². The lowest BCUT2D eigenvalue weighted by Gasteiger charge is -2.31. The standard InChI is InChI=1S/C33H36N2O2S/c36-32-31(38-33(34-28-11-3-1-4-12-28)35(32)29-13-5-2-6-14-29)22-24-16-19-30(20-17-24)37-23-25-15-18-26-9-7-8-10-27(26)21-25/h7-10,15-22,28-29H,1-6,11-14,23H2. The van der Waals surface area contributed by atoms with Crippen LogP contribution in [0.5, 0.6) is 5.75 Å². The van der Waals surface area contributed by atoms with Crippen molar-refractivity contribution >= 4 is 39.7 Å². The van der Waals surface area contributed by atoms with Crippen LogP contribution in [0, 0.1) is 0 Å². The topological polar surface area (TPSA) is 41.9 Å². The minimum Gasteiger partial charge on any atom is -0.489 e. The summed E-state index contributed by atoms with van der Waals surface area (Å²) in [4.78, 5) is 21.6. The average Bonchev–Trinajstić information content (AvgIpc) is 3.27. The Morgan fingerprint density at radius 2 is 1.55 bits per heavy atom. The third kappa shape index (κ3) is 5.83. The predicted octanol–water partition coefficient (Wildman–Crippen LogP) is 8.36. The number of amides is 1. The van der Waals surface area contributed by atoms with E-state index in [0.29, 0.717) is 18.7 Å². The Morgan fingerprint density at radius 3 is 2.32 bits per heavy atom. The lowest BCUT2D eigenvalue weighted by molar-refractivity contribution is -0.124. The number of carbonyl (C=O) groups excluding carboxylic acids is 1. The molecule has 0 radical (unpaired) electrons. The van der Waals surface area contributed by atoms with Gasteiger partial charge in [-0.3, -0.25) is 14.7 Å². The lowest BCUT2D eigenvalue weighted by atomic mass is 9.94. The zero-order chi connectivity index (χ0) is 25.7. The first-order valence-electron chi connectivity index (χ1n) is 14.2. The highest BCUT2D eigenvalue weighted by Crippen LogP contribution is 2.38. The van der Waals surface area contributed by atoms with Gasteiger partial charge < -0.3 is 4.74 Å². The fourth-order valence-corrected chi connectivity index (χ4v) is 7.02. The van der Waals surface area contributed by atoms with Gasteiger partial charge in [-0.1, -0.05) is 87.1 Å². The van der Waals surface area contributed by atoms with Gasteiger partial charge >= 0.3 is 0 Å². The number of amidine groups is 1. The first kappa shape index (κ1) is 25.2. The van der Waals surface area contributed by atoms with Crippen LogP contribution in [0.15, 0.2) is 76.6 Å². The van der Waals surface area contributed by atoms with Crippen LogP contribution in [0.25, 0.3) is 16.8 Å². The number of aliphatic imine (C=N–C) groups is 1. The van der Waals surface area contributed by atoms with Crippen LogP contribution in [-0.2, 0) is 11.4 Å². The molecule has 0 N–H and O–H groups in total. The molecule has 0 atom stereocenters. The fraction of sp³-hybridized carbons (Fsp3) is 0.394. The second-order valence-corrected chi connectivity index (χ2v) is 11.8. The van der Waals surface area contributed by atoms with E-state index < -0.39 is 0 Å². The number of benzene rings is 3. The quantitative estimate of drug-likeness (QED) is 0.304. The van der Waals surface area contributed by atoms with Crippen molar-refractivity contribution in [3.8, 4) is 5.75 Å². The molecule has 1 amide bonds. The van der Waals surface area contributed by atoms with E-state index in [1.807, 2.05) is 35.2 Å². The summed E-state index contributed by atoms with van der Waals surface area (Å²) in [5.41, 5.74) is 2.16. The van der Waals surface area contributed by atoms with Gasteiger partial charge in [0.15, 0.2) is 5.17 Å². The summed E-state index contributed by atoms with van der Waals surface area (Å²) in [6, 6.07) is 23.5. The average molecular weight is 525 g/mol. The molecule has 1 heterocycles. The summed E-state index contributed by atoms with van der Waals surface area (Å²) in [6.45, 7) is 0.525. The van der Waals surface area contributed by atoms with Gasteiger partial charge in [-0.05, 0) is 83.6 Å². The Labute approximate surface area is 230 Å². The highest BCUT2D eigenvalue weighted by molar-refractivity contribution is 8.18. The van der Waals surface area contributed by atoms with E-state index in [9.17, 15) is 4.79 Å². The number of hydrogen-bond acceptors (Lipinski definition) is 4. The van der Waals surface area contributed by atoms with Gasteiger partial charge in [0.05, 0.1) is 10.9 Å². The summed E-state index contributed by atoms with van der Waals surface area (Å²) in [7, 11) is 0. The smallest absolute Gasteiger partial charge is 0.266 e. The normalized spacial score (nSPS) is 21.6. The Hall–Kier alpha value is -3.05. The van der Waals surface area contributed by atoms with E-state index in [-0.39, 0.29) is 5.91 Å². The molecule has 5 heteroatoms. The first-order valence-corrected chi connectivity index (χ1v) is 15.1. The molecule has 196 valence electrons. The van der Waals surface area contributed by atoms with Crippen LogP contribution in [0.2, 0.25) is 0 Å². The SMILES string of the molecule is O=C1C(=Cc2ccc(OCc3ccc4ccccc4c3)cc2)SC(=NC2CCCCC2)N1C1CCCCC1. The largest absolute Gasteiger partial charge is 0.489 e. The van der Waals surface area contributed by atoms with Gasteiger partial charge in [0.2, 0.25) is 0 Å². The first-order chi connectivity index (χ1) is 18.7. The molecule has 0 spiro atoms. The van der Waals surface area contributed by atoms with Gasteiger partial charge in [-0.2, -0.15) is 0 Å². The molecule has 38 heavy (non-hydrogen) atoms. The maximum Gasteiger partial charge on any atom is 0.266 e. The van der Waals surface area contributed by atoms with Gasteiger partial charge in [0.1, 0.15) is 12.4 Å². The third-order valence-electron chi connectivity index (χ3n) is 8.04. The second kappa shape index (κ2) is 11.8. The maximum absolute atomic E-state index is 13.6. The maximum atomic E-state index is 13.6. The lowest BCUT2D eigenvalue weighted by Crippen LogP contribution is -2.41. The van der Waals surface area contributed by atoms with Crippen molar-refractivity contribution in [1.29, 1.82) is 0 Å². The summed E-state index contributed by atoms with van der Waals surface area (Å²) < 4.78 is 6.06. The third-order valence-corrected chi connectivity index (χ3v) is 9.04. The molecule has 0 aromatic heterocycles. The number of thioether (sulfide) groups is 1. The number of fused-ring (bicyclic) bond motifs is 1. The van der Waals surface area contributed by atoms with Crippen molar-refractivity contribution in [2.45, 2.75) is 82.9 Å². The number of hydrogen-bond donors (Lipinski definition) is 0. The van der Waals surface area contributed by atoms with Gasteiger partial charge in [0.25, 0.3) is 5.91 Å². The molecular formula is C33H36N2O2S. The van der Waals surface area contributed by atoms with Crippen LogP contribution in [0.1, 0.15) is 75.3 Å². The highest BCUT2D eigenvalue weighted by Gasteiger charge is 2.39. The predicted molar refractivity (Wildman–Crippen MR) is 158 cm³/mol. The minimum atomic E-state index is 0.132. The Morgan fingerprint density at radius 1 is 0.842 bits per heavy atom. The van der Waals surface area contributed by atoms with E-state index in [1.54, 1.807) is 11.8 Å². The van der Waals surface area contributed by atoms with Crippen LogP contribution in [0.4, 0.5) is 0 Å². The molecule has 3 aliphatic rings. The molecule has 2 aliphatic carbocycles. The number of rotatable bonds is 6. The Bertz CT molecular complexity index is 1330. The van der Waals surface area contributed by atoms with Gasteiger partial charge in [-0.25, -0.2) is 0 Å². The number of nitrogens with zero attached hydrogens (tertiary/aromatic N) is 2. The van der Waals surface area contributed by atoms with Crippen LogP contribution in [0.3, 0.4) is 0 Å². The number of ether oxygens (including phenoxy) is 1. The summed E-state index contributed by atoms with van der Waals surface area (Å²) in [5.74, 6) is 0.960. The molecule has 3 aromatic rings. The van der Waals surface area contributed by atoms with Crippen molar-refractivity contribution in [2.24, 2.45) is 4.99 Å². The molecule has 4 nitrogen and oxygen atoms in total. The second-order valence-electron chi connectivity index (χ2n) is 10.8. The van der Waals surface area contributed by atoms with Crippen molar-refractivity contribution in [3.05, 3.63) is 82.8 Å². The molecule has 1 saturated heterocycles. The Kier molecular flexibility index (Phi) is 7.82. The fourth-order valence-electron chi connectivity index (χ4n) is 5.91. The van der Waals surface area contributed by atoms with E-state index in [1.165, 1.54) is 49.3 Å². The zero-order valence-corrected chi connectivity index (χ0v) is 22.8. The molecular weight excluding hydrogens is 488 g/mol. The van der Waals surface area contributed by atoms with Crippen LogP contribution >= 0.6 is 11.8 Å². The molecule has 6 rings (SSSR count). The van der Waals surface area contributed by atoms with Crippen molar-refractivity contribution in [3.63, 3.8) is 0 Å². The van der Waals surface area contributed by atoms with Crippen LogP contribution < -0.4 is 4.74 Å². The van der Waals surface area contributed by atoms with Gasteiger partial charge in [-0.15, -0.1) is 0 Å². The molecule has 1 aliphatic heterocycles. The minimum absolute atomic E-state index is 0.132. The summed E-state index contributed by atoms with van der Waals surface area (Å²) >= 11 is 1.58. The number of carbonyl (C=O) groups is 1. The van der Waals surface area contributed by atoms with E-state index in [2.05, 4.69) is 42.5 Å². The molecule has 3 fully saturated rings. The molecule has 0 bridgehead atoms. The van der Waals surface area contributed by atoms with E-state index in [4.69, 9.17) is 9.73 Å². The summed E-state index contributed by atoms with van der Waals surface area (Å²) in [5, 5.41) is 3.40. The zero-order valence-electron chi connectivity index (χ0n) is 22.0. The summed E-state index contributed by atoms with van der Waals surface area (Å²) in [6.07, 6.45) is 14.0. The highest BCUT2D eigenvalue weighted by atomic mass is 32.2. The van der Waals surface area contributed by atoms with E-state index >= 15 is 0 Å². The van der Waals surface area contributed by atoms with E-state index in [0.717, 1.165) is 52.6 Å². The van der Waals surface area contributed by atoms with Crippen LogP contribution in [-0.4, -0.2) is 28.1 Å². The molecule has 0 unspecified atom stereocenters. The van der Waals surface area contributed by atoms with Crippen molar-refractivity contribution in [1.82, 2.24) is 4.90 Å². The van der Waals surface area contributed by atoms with Gasteiger partial charge in [0, 0.05) is 6.04 Å². The van der Waals surface area contributed by atoms with Crippen molar-refractivity contribution in [2.75, 3.05) is 0 Å². The molecule has 2 saturated carbocycles. The molecule has 3 aromatic carbocycles. The monoisotopic (exact) mass is 524 g/mol. The Balaban J connectivity index is 1.15.